The van der Waals surface area contributed by atoms with Crippen LogP contribution in [0.25, 0.3) is 10.9 Å². The molecule has 1 unspecified atom stereocenters. The predicted molar refractivity (Wildman–Crippen MR) is 77.9 cm³/mol. The highest BCUT2D eigenvalue weighted by atomic mass is 79.9. The molecule has 0 amide bonds. The second kappa shape index (κ2) is 6.12. The van der Waals surface area contributed by atoms with E-state index in [1.54, 1.807) is 6.20 Å². The molecule has 0 bridgehead atoms. The monoisotopic (exact) mass is 322 g/mol. The number of carbonyl (C=O) groups excluding carboxylic acids is 1. The van der Waals surface area contributed by atoms with Crippen molar-refractivity contribution in [3.8, 4) is 0 Å². The lowest BCUT2D eigenvalue weighted by Gasteiger charge is -2.17. The number of ether oxygens (including phenoxy) is 1. The molecule has 1 N–H and O–H groups in total. The fourth-order valence-electron chi connectivity index (χ4n) is 2.03. The first-order chi connectivity index (χ1) is 9.19. The summed E-state index contributed by atoms with van der Waals surface area (Å²) in [6.45, 7) is 2.62. The van der Waals surface area contributed by atoms with Crippen LogP contribution in [0.2, 0.25) is 0 Å². The minimum absolute atomic E-state index is 0.309. The Labute approximate surface area is 120 Å². The van der Waals surface area contributed by atoms with Crippen LogP contribution in [0.5, 0.6) is 0 Å². The van der Waals surface area contributed by atoms with E-state index < -0.39 is 6.04 Å². The van der Waals surface area contributed by atoms with Gasteiger partial charge in [0.05, 0.1) is 12.6 Å². The average Bonchev–Trinajstić information content (AvgIpc) is 2.45. The molecular weight excluding hydrogens is 308 g/mol. The van der Waals surface area contributed by atoms with Gasteiger partial charge in [0.15, 0.2) is 0 Å². The third-order valence-electron chi connectivity index (χ3n) is 2.90. The SMILES string of the molecule is CCNC(C(=O)OC)c1ccc(Br)c2cccnc12. The number of hydrogen-bond donors (Lipinski definition) is 1. The Kier molecular flexibility index (Phi) is 4.50. The summed E-state index contributed by atoms with van der Waals surface area (Å²) in [6.07, 6.45) is 1.72. The third kappa shape index (κ3) is 2.77. The number of hydrogen-bond acceptors (Lipinski definition) is 4. The van der Waals surface area contributed by atoms with Crippen molar-refractivity contribution in [2.24, 2.45) is 0 Å². The van der Waals surface area contributed by atoms with Crippen molar-refractivity contribution in [3.63, 3.8) is 0 Å². The Balaban J connectivity index is 2.60. The topological polar surface area (TPSA) is 51.2 Å². The molecule has 19 heavy (non-hydrogen) atoms. The summed E-state index contributed by atoms with van der Waals surface area (Å²) in [5.41, 5.74) is 1.63. The van der Waals surface area contributed by atoms with E-state index in [1.165, 1.54) is 7.11 Å². The molecule has 2 aromatic rings. The van der Waals surface area contributed by atoms with Gasteiger partial charge in [-0.05, 0) is 18.7 Å². The van der Waals surface area contributed by atoms with Crippen LogP contribution in [0.4, 0.5) is 0 Å². The van der Waals surface area contributed by atoms with E-state index in [4.69, 9.17) is 4.74 Å². The minimum Gasteiger partial charge on any atom is -0.468 e. The maximum absolute atomic E-state index is 11.9. The normalized spacial score (nSPS) is 12.4. The smallest absolute Gasteiger partial charge is 0.327 e. The fourth-order valence-corrected chi connectivity index (χ4v) is 2.49. The summed E-state index contributed by atoms with van der Waals surface area (Å²) in [4.78, 5) is 16.3. The summed E-state index contributed by atoms with van der Waals surface area (Å²) in [5, 5.41) is 4.11. The van der Waals surface area contributed by atoms with E-state index in [1.807, 2.05) is 31.2 Å². The van der Waals surface area contributed by atoms with Gasteiger partial charge in [-0.1, -0.05) is 35.0 Å². The molecule has 0 radical (unpaired) electrons. The van der Waals surface area contributed by atoms with Crippen LogP contribution >= 0.6 is 15.9 Å². The van der Waals surface area contributed by atoms with Gasteiger partial charge in [0.25, 0.3) is 0 Å². The van der Waals surface area contributed by atoms with Crippen molar-refractivity contribution in [3.05, 3.63) is 40.5 Å². The summed E-state index contributed by atoms with van der Waals surface area (Å²) >= 11 is 3.50. The van der Waals surface area contributed by atoms with Crippen molar-refractivity contribution >= 4 is 32.8 Å². The van der Waals surface area contributed by atoms with E-state index in [9.17, 15) is 4.79 Å². The van der Waals surface area contributed by atoms with Crippen LogP contribution in [0, 0.1) is 0 Å². The molecular formula is C14H15BrN2O2. The Morgan fingerprint density at radius 3 is 2.95 bits per heavy atom. The van der Waals surface area contributed by atoms with Gasteiger partial charge in [0.1, 0.15) is 6.04 Å². The van der Waals surface area contributed by atoms with Crippen LogP contribution in [0.3, 0.4) is 0 Å². The number of aromatic nitrogens is 1. The van der Waals surface area contributed by atoms with Gasteiger partial charge >= 0.3 is 5.97 Å². The number of pyridine rings is 1. The second-order valence-electron chi connectivity index (χ2n) is 4.05. The Hall–Kier alpha value is -1.46. The first kappa shape index (κ1) is 14.0. The maximum atomic E-state index is 11.9. The van der Waals surface area contributed by atoms with Crippen LogP contribution < -0.4 is 5.32 Å². The van der Waals surface area contributed by atoms with E-state index in [0.717, 1.165) is 20.9 Å². The van der Waals surface area contributed by atoms with Crippen LogP contribution in [0.15, 0.2) is 34.9 Å². The first-order valence-electron chi connectivity index (χ1n) is 6.03. The number of benzene rings is 1. The lowest BCUT2D eigenvalue weighted by Crippen LogP contribution is -2.29. The minimum atomic E-state index is -0.500. The zero-order chi connectivity index (χ0) is 13.8. The van der Waals surface area contributed by atoms with Crippen molar-refractivity contribution in [2.45, 2.75) is 13.0 Å². The molecule has 1 heterocycles. The standard InChI is InChI=1S/C14H15BrN2O2/c1-3-16-13(14(18)19-2)10-6-7-11(15)9-5-4-8-17-12(9)10/h4-8,13,16H,3H2,1-2H3. The molecule has 1 atom stereocenters. The first-order valence-corrected chi connectivity index (χ1v) is 6.82. The molecule has 5 heteroatoms. The largest absolute Gasteiger partial charge is 0.468 e. The summed E-state index contributed by atoms with van der Waals surface area (Å²) in [7, 11) is 1.39. The highest BCUT2D eigenvalue weighted by molar-refractivity contribution is 9.10. The number of halogens is 1. The van der Waals surface area contributed by atoms with Crippen molar-refractivity contribution in [1.82, 2.24) is 10.3 Å². The average molecular weight is 323 g/mol. The summed E-state index contributed by atoms with van der Waals surface area (Å²) < 4.78 is 5.82. The lowest BCUT2D eigenvalue weighted by molar-refractivity contribution is -0.143. The number of nitrogens with zero attached hydrogens (tertiary/aromatic N) is 1. The molecule has 1 aromatic heterocycles. The fraction of sp³-hybridized carbons (Fsp3) is 0.286. The van der Waals surface area contributed by atoms with Crippen LogP contribution in [-0.2, 0) is 9.53 Å². The molecule has 0 fully saturated rings. The summed E-state index contributed by atoms with van der Waals surface area (Å²) in [6, 6.07) is 7.16. The molecule has 0 saturated carbocycles. The van der Waals surface area contributed by atoms with Crippen molar-refractivity contribution in [1.29, 1.82) is 0 Å². The zero-order valence-corrected chi connectivity index (χ0v) is 12.4. The molecule has 0 aliphatic carbocycles. The van der Waals surface area contributed by atoms with E-state index in [2.05, 4.69) is 26.2 Å². The molecule has 0 saturated heterocycles. The highest BCUT2D eigenvalue weighted by Gasteiger charge is 2.23. The molecule has 2 rings (SSSR count). The van der Waals surface area contributed by atoms with E-state index in [-0.39, 0.29) is 5.97 Å². The van der Waals surface area contributed by atoms with Crippen molar-refractivity contribution < 1.29 is 9.53 Å². The van der Waals surface area contributed by atoms with Crippen LogP contribution in [0.1, 0.15) is 18.5 Å². The number of rotatable bonds is 4. The number of methoxy groups -OCH3 is 1. The molecule has 100 valence electrons. The third-order valence-corrected chi connectivity index (χ3v) is 3.60. The number of nitrogens with one attached hydrogen (secondary N) is 1. The second-order valence-corrected chi connectivity index (χ2v) is 4.90. The van der Waals surface area contributed by atoms with Gasteiger partial charge < -0.3 is 10.1 Å². The zero-order valence-electron chi connectivity index (χ0n) is 10.8. The lowest BCUT2D eigenvalue weighted by atomic mass is 10.0. The quantitative estimate of drug-likeness (QED) is 0.879. The van der Waals surface area contributed by atoms with Gasteiger partial charge in [-0.3, -0.25) is 4.98 Å². The number of esters is 1. The predicted octanol–water partition coefficient (Wildman–Crippen LogP) is 2.82. The Morgan fingerprint density at radius 1 is 1.47 bits per heavy atom. The van der Waals surface area contributed by atoms with Gasteiger partial charge in [0.2, 0.25) is 0 Å². The number of fused-ring (bicyclic) bond motifs is 1. The maximum Gasteiger partial charge on any atom is 0.327 e. The molecule has 0 spiro atoms. The number of carbonyl (C=O) groups is 1. The Morgan fingerprint density at radius 2 is 2.26 bits per heavy atom. The van der Waals surface area contributed by atoms with Gasteiger partial charge in [-0.25, -0.2) is 4.79 Å². The van der Waals surface area contributed by atoms with Crippen LogP contribution in [-0.4, -0.2) is 24.6 Å². The highest BCUT2D eigenvalue weighted by Crippen LogP contribution is 2.29. The van der Waals surface area contributed by atoms with Crippen molar-refractivity contribution in [2.75, 3.05) is 13.7 Å². The Bertz CT molecular complexity index is 601. The van der Waals surface area contributed by atoms with E-state index >= 15 is 0 Å². The van der Waals surface area contributed by atoms with Gasteiger partial charge in [-0.2, -0.15) is 0 Å². The van der Waals surface area contributed by atoms with E-state index in [0.29, 0.717) is 6.54 Å². The van der Waals surface area contributed by atoms with Gasteiger partial charge in [0, 0.05) is 21.6 Å². The number of likely N-dealkylation sites (N-methyl/N-ethyl adjacent to an activating group) is 1. The van der Waals surface area contributed by atoms with Gasteiger partial charge in [-0.15, -0.1) is 0 Å². The molecule has 0 aliphatic heterocycles. The molecule has 1 aromatic carbocycles. The summed E-state index contributed by atoms with van der Waals surface area (Å²) in [5.74, 6) is -0.309. The molecule has 0 aliphatic rings. The molecule has 4 nitrogen and oxygen atoms in total.